The smallest absolute Gasteiger partial charge is 0.332 e. The molecule has 0 spiro atoms. The molecule has 0 saturated heterocycles. The number of carbonyl (C=O) groups is 1. The summed E-state index contributed by atoms with van der Waals surface area (Å²) in [5.74, 6) is -1.20. The third-order valence-corrected chi connectivity index (χ3v) is 3.85. The van der Waals surface area contributed by atoms with Gasteiger partial charge in [0.05, 0.1) is 7.11 Å². The molecule has 7 nitrogen and oxygen atoms in total. The third-order valence-electron chi connectivity index (χ3n) is 2.35. The van der Waals surface area contributed by atoms with Gasteiger partial charge in [0.15, 0.2) is 6.10 Å². The third kappa shape index (κ3) is 4.19. The zero-order chi connectivity index (χ0) is 14.5. The lowest BCUT2D eigenvalue weighted by Crippen LogP contribution is -2.30. The van der Waals surface area contributed by atoms with Gasteiger partial charge >= 0.3 is 5.97 Å². The molecule has 0 unspecified atom stereocenters. The number of sulfonamides is 1. The van der Waals surface area contributed by atoms with Gasteiger partial charge in [0, 0.05) is 6.54 Å². The number of para-hydroxylation sites is 1. The first-order valence-corrected chi connectivity index (χ1v) is 6.90. The van der Waals surface area contributed by atoms with Gasteiger partial charge in [-0.25, -0.2) is 17.9 Å². The van der Waals surface area contributed by atoms with Crippen molar-refractivity contribution in [3.63, 3.8) is 0 Å². The van der Waals surface area contributed by atoms with Crippen LogP contribution in [-0.2, 0) is 14.8 Å². The maximum Gasteiger partial charge on any atom is 0.332 e. The van der Waals surface area contributed by atoms with Crippen molar-refractivity contribution in [3.8, 4) is 5.75 Å². The molecule has 1 atom stereocenters. The summed E-state index contributed by atoms with van der Waals surface area (Å²) in [5.41, 5.74) is 0. The Hall–Kier alpha value is -1.64. The van der Waals surface area contributed by atoms with Crippen molar-refractivity contribution in [2.45, 2.75) is 17.4 Å². The molecule has 0 heterocycles. The number of rotatable bonds is 7. The van der Waals surface area contributed by atoms with Crippen LogP contribution in [0.2, 0.25) is 0 Å². The number of aliphatic carboxylic acids is 1. The summed E-state index contributed by atoms with van der Waals surface area (Å²) in [6.45, 7) is -0.187. The van der Waals surface area contributed by atoms with Crippen molar-refractivity contribution in [2.24, 2.45) is 0 Å². The Bertz CT molecular complexity index is 542. The highest BCUT2D eigenvalue weighted by atomic mass is 32.2. The second-order valence-electron chi connectivity index (χ2n) is 3.69. The van der Waals surface area contributed by atoms with Crippen molar-refractivity contribution in [2.75, 3.05) is 13.7 Å². The molecule has 1 aromatic carbocycles. The van der Waals surface area contributed by atoms with Gasteiger partial charge in [-0.2, -0.15) is 0 Å². The maximum atomic E-state index is 11.9. The first-order chi connectivity index (χ1) is 8.88. The molecule has 0 aliphatic carbocycles. The van der Waals surface area contributed by atoms with E-state index in [2.05, 4.69) is 4.72 Å². The van der Waals surface area contributed by atoms with Crippen LogP contribution in [-0.4, -0.2) is 44.4 Å². The normalized spacial score (nSPS) is 12.9. The van der Waals surface area contributed by atoms with Gasteiger partial charge < -0.3 is 14.9 Å². The molecule has 19 heavy (non-hydrogen) atoms. The van der Waals surface area contributed by atoms with Gasteiger partial charge in [0.2, 0.25) is 10.0 Å². The van der Waals surface area contributed by atoms with Crippen molar-refractivity contribution in [3.05, 3.63) is 24.3 Å². The number of hydrogen-bond acceptors (Lipinski definition) is 5. The van der Waals surface area contributed by atoms with Crippen molar-refractivity contribution >= 4 is 16.0 Å². The van der Waals surface area contributed by atoms with Crippen LogP contribution >= 0.6 is 0 Å². The molecule has 0 fully saturated rings. The molecule has 106 valence electrons. The van der Waals surface area contributed by atoms with Crippen LogP contribution < -0.4 is 9.46 Å². The number of carboxylic acids is 1. The summed E-state index contributed by atoms with van der Waals surface area (Å²) >= 11 is 0. The minimum atomic E-state index is -3.80. The van der Waals surface area contributed by atoms with Crippen LogP contribution in [0.4, 0.5) is 0 Å². The number of carboxylic acid groups (broad SMARTS) is 1. The molecule has 0 aliphatic heterocycles. The Morgan fingerprint density at radius 3 is 2.63 bits per heavy atom. The lowest BCUT2D eigenvalue weighted by molar-refractivity contribution is -0.146. The van der Waals surface area contributed by atoms with E-state index in [0.717, 1.165) is 0 Å². The predicted molar refractivity (Wildman–Crippen MR) is 66.4 cm³/mol. The van der Waals surface area contributed by atoms with Gasteiger partial charge in [-0.3, -0.25) is 0 Å². The molecule has 1 rings (SSSR count). The molecule has 0 aliphatic rings. The van der Waals surface area contributed by atoms with E-state index in [9.17, 15) is 13.2 Å². The first kappa shape index (κ1) is 15.4. The summed E-state index contributed by atoms with van der Waals surface area (Å²) in [7, 11) is -2.45. The average molecular weight is 289 g/mol. The highest BCUT2D eigenvalue weighted by molar-refractivity contribution is 7.89. The molecule has 1 aromatic rings. The Labute approximate surface area is 110 Å². The summed E-state index contributed by atoms with van der Waals surface area (Å²) in [6.07, 6.45) is -1.82. The van der Waals surface area contributed by atoms with E-state index >= 15 is 0 Å². The highest BCUT2D eigenvalue weighted by Gasteiger charge is 2.20. The van der Waals surface area contributed by atoms with Crippen LogP contribution in [0.25, 0.3) is 0 Å². The predicted octanol–water partition coefficient (Wildman–Crippen LogP) is -0.191. The SMILES string of the molecule is COc1ccccc1S(=O)(=O)NCC[C@H](O)C(=O)O. The van der Waals surface area contributed by atoms with Gasteiger partial charge in [0.25, 0.3) is 0 Å². The van der Waals surface area contributed by atoms with Crippen LogP contribution in [0.15, 0.2) is 29.2 Å². The standard InChI is InChI=1S/C11H15NO6S/c1-18-9-4-2-3-5-10(9)19(16,17)12-7-6-8(13)11(14)15/h2-5,8,12-13H,6-7H2,1H3,(H,14,15)/t8-/m0/s1. The van der Waals surface area contributed by atoms with Gasteiger partial charge in [0.1, 0.15) is 10.6 Å². The number of benzene rings is 1. The summed E-state index contributed by atoms with van der Waals surface area (Å²) in [6, 6.07) is 6.05. The number of ether oxygens (including phenoxy) is 1. The zero-order valence-corrected chi connectivity index (χ0v) is 11.1. The van der Waals surface area contributed by atoms with Crippen molar-refractivity contribution in [1.82, 2.24) is 4.72 Å². The van der Waals surface area contributed by atoms with Crippen molar-refractivity contribution < 1.29 is 28.2 Å². The average Bonchev–Trinajstić information content (AvgIpc) is 2.38. The van der Waals surface area contributed by atoms with Crippen molar-refractivity contribution in [1.29, 1.82) is 0 Å². The quantitative estimate of drug-likeness (QED) is 0.641. The number of methoxy groups -OCH3 is 1. The summed E-state index contributed by atoms with van der Waals surface area (Å²) < 4.78 is 31.0. The molecule has 3 N–H and O–H groups in total. The lowest BCUT2D eigenvalue weighted by atomic mass is 10.3. The van der Waals surface area contributed by atoms with Crippen LogP contribution in [0.5, 0.6) is 5.75 Å². The van der Waals surface area contributed by atoms with Crippen LogP contribution in [0, 0.1) is 0 Å². The fourth-order valence-corrected chi connectivity index (χ4v) is 2.59. The van der Waals surface area contributed by atoms with E-state index in [1.54, 1.807) is 12.1 Å². The molecular weight excluding hydrogens is 274 g/mol. The van der Waals surface area contributed by atoms with E-state index in [1.165, 1.54) is 19.2 Å². The Morgan fingerprint density at radius 2 is 2.05 bits per heavy atom. The van der Waals surface area contributed by atoms with E-state index in [1.807, 2.05) is 0 Å². The molecule has 0 saturated carbocycles. The van der Waals surface area contributed by atoms with Crippen LogP contribution in [0.3, 0.4) is 0 Å². The van der Waals surface area contributed by atoms with E-state index < -0.39 is 22.1 Å². The van der Waals surface area contributed by atoms with E-state index in [0.29, 0.717) is 0 Å². The van der Waals surface area contributed by atoms with Gasteiger partial charge in [-0.05, 0) is 18.6 Å². The molecule has 0 amide bonds. The minimum Gasteiger partial charge on any atom is -0.495 e. The molecule has 8 heteroatoms. The Morgan fingerprint density at radius 1 is 1.42 bits per heavy atom. The second-order valence-corrected chi connectivity index (χ2v) is 5.43. The Balaban J connectivity index is 2.74. The zero-order valence-electron chi connectivity index (χ0n) is 10.2. The van der Waals surface area contributed by atoms with E-state index in [4.69, 9.17) is 14.9 Å². The molecular formula is C11H15NO6S. The summed E-state index contributed by atoms with van der Waals surface area (Å²) in [5, 5.41) is 17.5. The number of aliphatic hydroxyl groups is 1. The number of hydrogen-bond donors (Lipinski definition) is 3. The summed E-state index contributed by atoms with van der Waals surface area (Å²) in [4.78, 5) is 10.3. The monoisotopic (exact) mass is 289 g/mol. The molecule has 0 aromatic heterocycles. The highest BCUT2D eigenvalue weighted by Crippen LogP contribution is 2.22. The maximum absolute atomic E-state index is 11.9. The van der Waals surface area contributed by atoms with E-state index in [-0.39, 0.29) is 23.6 Å². The van der Waals surface area contributed by atoms with Gasteiger partial charge in [-0.15, -0.1) is 0 Å². The fourth-order valence-electron chi connectivity index (χ4n) is 1.37. The van der Waals surface area contributed by atoms with Gasteiger partial charge in [-0.1, -0.05) is 12.1 Å². The number of nitrogens with one attached hydrogen (secondary N) is 1. The first-order valence-electron chi connectivity index (χ1n) is 5.42. The Kier molecular flexibility index (Phi) is 5.28. The largest absolute Gasteiger partial charge is 0.495 e. The number of aliphatic hydroxyl groups excluding tert-OH is 1. The fraction of sp³-hybridized carbons (Fsp3) is 0.364. The lowest BCUT2D eigenvalue weighted by Gasteiger charge is -2.11. The van der Waals surface area contributed by atoms with Crippen LogP contribution in [0.1, 0.15) is 6.42 Å². The topological polar surface area (TPSA) is 113 Å². The second kappa shape index (κ2) is 6.50. The molecule has 0 bridgehead atoms. The molecule has 0 radical (unpaired) electrons. The minimum absolute atomic E-state index is 0.0395.